The minimum Gasteiger partial charge on any atom is -0.467 e. The van der Waals surface area contributed by atoms with E-state index in [9.17, 15) is 18.0 Å². The van der Waals surface area contributed by atoms with E-state index in [1.807, 2.05) is 0 Å². The number of carbonyl (C=O) groups excluding carboxylic acids is 1. The van der Waals surface area contributed by atoms with Gasteiger partial charge in [0.05, 0.1) is 0 Å². The molecule has 1 fully saturated rings. The first-order valence-corrected chi connectivity index (χ1v) is 5.91. The molecule has 1 aromatic rings. The number of alkyl halides is 3. The molecular weight excluding hydrogens is 261 g/mol. The van der Waals surface area contributed by atoms with Crippen molar-refractivity contribution in [1.29, 1.82) is 0 Å². The van der Waals surface area contributed by atoms with Gasteiger partial charge in [0, 0.05) is 19.3 Å². The summed E-state index contributed by atoms with van der Waals surface area (Å²) in [5, 5.41) is 0. The molecule has 2 heterocycles. The number of amides is 1. The highest BCUT2D eigenvalue weighted by Crippen LogP contribution is 2.22. The summed E-state index contributed by atoms with van der Waals surface area (Å²) in [6.45, 7) is -0.219. The molecule has 0 aliphatic carbocycles. The van der Waals surface area contributed by atoms with Gasteiger partial charge in [0.2, 0.25) is 5.88 Å². The van der Waals surface area contributed by atoms with Crippen molar-refractivity contribution in [2.75, 3.05) is 19.7 Å². The maximum atomic E-state index is 12.1. The molecule has 0 atom stereocenters. The Morgan fingerprint density at radius 3 is 2.68 bits per heavy atom. The van der Waals surface area contributed by atoms with E-state index in [-0.39, 0.29) is 17.4 Å². The fourth-order valence-electron chi connectivity index (χ4n) is 1.91. The van der Waals surface area contributed by atoms with E-state index in [1.54, 1.807) is 4.90 Å². The Kier molecular flexibility index (Phi) is 3.92. The number of hydrogen-bond acceptors (Lipinski definition) is 3. The van der Waals surface area contributed by atoms with Gasteiger partial charge in [0.25, 0.3) is 5.91 Å². The molecular formula is C12H13F3N2O2. The molecule has 2 rings (SSSR count). The lowest BCUT2D eigenvalue weighted by molar-refractivity contribution is -0.154. The second-order valence-corrected chi connectivity index (χ2v) is 4.26. The van der Waals surface area contributed by atoms with E-state index >= 15 is 0 Å². The van der Waals surface area contributed by atoms with Crippen LogP contribution in [-0.4, -0.2) is 41.7 Å². The lowest BCUT2D eigenvalue weighted by Crippen LogP contribution is -2.29. The summed E-state index contributed by atoms with van der Waals surface area (Å²) in [6, 6.07) is 2.93. The zero-order valence-electron chi connectivity index (χ0n) is 10.1. The van der Waals surface area contributed by atoms with Crippen LogP contribution in [0.5, 0.6) is 5.88 Å². The van der Waals surface area contributed by atoms with Gasteiger partial charge >= 0.3 is 6.18 Å². The Morgan fingerprint density at radius 2 is 2.05 bits per heavy atom. The zero-order valence-corrected chi connectivity index (χ0v) is 10.1. The van der Waals surface area contributed by atoms with E-state index in [0.717, 1.165) is 12.8 Å². The number of rotatable bonds is 3. The number of nitrogens with zero attached hydrogens (tertiary/aromatic N) is 2. The SMILES string of the molecule is O=C(c1cccnc1OCC(F)(F)F)N1CCCC1. The van der Waals surface area contributed by atoms with Crippen LogP contribution in [0, 0.1) is 0 Å². The molecule has 0 N–H and O–H groups in total. The number of halogens is 3. The second kappa shape index (κ2) is 5.46. The van der Waals surface area contributed by atoms with Crippen molar-refractivity contribution in [3.63, 3.8) is 0 Å². The van der Waals surface area contributed by atoms with E-state index < -0.39 is 12.8 Å². The maximum absolute atomic E-state index is 12.1. The number of ether oxygens (including phenoxy) is 1. The third-order valence-corrected chi connectivity index (χ3v) is 2.77. The Balaban J connectivity index is 2.13. The third kappa shape index (κ3) is 3.59. The van der Waals surface area contributed by atoms with Crippen LogP contribution in [0.25, 0.3) is 0 Å². The van der Waals surface area contributed by atoms with Crippen molar-refractivity contribution >= 4 is 5.91 Å². The van der Waals surface area contributed by atoms with Gasteiger partial charge in [0.1, 0.15) is 5.56 Å². The molecule has 0 radical (unpaired) electrons. The molecule has 7 heteroatoms. The molecule has 1 aliphatic heterocycles. The summed E-state index contributed by atoms with van der Waals surface area (Å²) < 4.78 is 41.0. The molecule has 1 aromatic heterocycles. The van der Waals surface area contributed by atoms with Crippen LogP contribution in [0.2, 0.25) is 0 Å². The minimum atomic E-state index is -4.45. The fourth-order valence-corrected chi connectivity index (χ4v) is 1.91. The van der Waals surface area contributed by atoms with Crippen LogP contribution in [0.1, 0.15) is 23.2 Å². The van der Waals surface area contributed by atoms with Gasteiger partial charge in [-0.05, 0) is 25.0 Å². The molecule has 1 saturated heterocycles. The second-order valence-electron chi connectivity index (χ2n) is 4.26. The molecule has 0 bridgehead atoms. The molecule has 0 spiro atoms. The lowest BCUT2D eigenvalue weighted by atomic mass is 10.2. The predicted molar refractivity (Wildman–Crippen MR) is 60.9 cm³/mol. The Bertz CT molecular complexity index is 457. The van der Waals surface area contributed by atoms with Crippen molar-refractivity contribution in [2.24, 2.45) is 0 Å². The molecule has 0 saturated carbocycles. The van der Waals surface area contributed by atoms with Crippen LogP contribution < -0.4 is 4.74 Å². The molecule has 0 aromatic carbocycles. The number of aromatic nitrogens is 1. The molecule has 104 valence electrons. The van der Waals surface area contributed by atoms with Gasteiger partial charge in [-0.25, -0.2) is 4.98 Å². The van der Waals surface area contributed by atoms with Crippen molar-refractivity contribution in [2.45, 2.75) is 19.0 Å². The van der Waals surface area contributed by atoms with E-state index in [0.29, 0.717) is 13.1 Å². The Morgan fingerprint density at radius 1 is 1.37 bits per heavy atom. The lowest BCUT2D eigenvalue weighted by Gasteiger charge is -2.17. The number of pyridine rings is 1. The van der Waals surface area contributed by atoms with E-state index in [4.69, 9.17) is 0 Å². The topological polar surface area (TPSA) is 42.4 Å². The Hall–Kier alpha value is -1.79. The van der Waals surface area contributed by atoms with Crippen LogP contribution >= 0.6 is 0 Å². The first-order valence-electron chi connectivity index (χ1n) is 5.91. The van der Waals surface area contributed by atoms with E-state index in [2.05, 4.69) is 9.72 Å². The summed E-state index contributed by atoms with van der Waals surface area (Å²) >= 11 is 0. The number of hydrogen-bond donors (Lipinski definition) is 0. The largest absolute Gasteiger partial charge is 0.467 e. The summed E-state index contributed by atoms with van der Waals surface area (Å²) in [5.41, 5.74) is 0.0775. The van der Waals surface area contributed by atoms with Gasteiger partial charge < -0.3 is 9.64 Å². The molecule has 1 amide bonds. The van der Waals surface area contributed by atoms with Crippen molar-refractivity contribution in [3.05, 3.63) is 23.9 Å². The first kappa shape index (κ1) is 13.6. The maximum Gasteiger partial charge on any atom is 0.422 e. The van der Waals surface area contributed by atoms with Crippen molar-refractivity contribution in [3.8, 4) is 5.88 Å². The summed E-state index contributed by atoms with van der Waals surface area (Å²) in [5.74, 6) is -0.598. The molecule has 4 nitrogen and oxygen atoms in total. The van der Waals surface area contributed by atoms with Gasteiger partial charge in [-0.15, -0.1) is 0 Å². The highest BCUT2D eigenvalue weighted by atomic mass is 19.4. The third-order valence-electron chi connectivity index (χ3n) is 2.77. The van der Waals surface area contributed by atoms with Gasteiger partial charge in [0.15, 0.2) is 6.61 Å². The van der Waals surface area contributed by atoms with Crippen LogP contribution in [0.4, 0.5) is 13.2 Å². The highest BCUT2D eigenvalue weighted by molar-refractivity contribution is 5.96. The number of carbonyl (C=O) groups is 1. The van der Waals surface area contributed by atoms with Crippen molar-refractivity contribution < 1.29 is 22.7 Å². The minimum absolute atomic E-state index is 0.0775. The summed E-state index contributed by atoms with van der Waals surface area (Å²) in [7, 11) is 0. The average Bonchev–Trinajstić information content (AvgIpc) is 2.89. The fraction of sp³-hybridized carbons (Fsp3) is 0.500. The molecule has 19 heavy (non-hydrogen) atoms. The Labute approximate surface area is 108 Å². The predicted octanol–water partition coefficient (Wildman–Crippen LogP) is 2.26. The van der Waals surface area contributed by atoms with Gasteiger partial charge in [-0.2, -0.15) is 13.2 Å². The van der Waals surface area contributed by atoms with Gasteiger partial charge in [-0.3, -0.25) is 4.79 Å². The standard InChI is InChI=1S/C12H13F3N2O2/c13-12(14,15)8-19-10-9(4-3-5-16-10)11(18)17-6-1-2-7-17/h3-5H,1-2,6-8H2. The molecule has 0 unspecified atom stereocenters. The van der Waals surface area contributed by atoms with Crippen LogP contribution in [0.3, 0.4) is 0 Å². The van der Waals surface area contributed by atoms with Crippen LogP contribution in [0.15, 0.2) is 18.3 Å². The summed E-state index contributed by atoms with van der Waals surface area (Å²) in [6.07, 6.45) is -1.34. The summed E-state index contributed by atoms with van der Waals surface area (Å²) in [4.78, 5) is 17.4. The van der Waals surface area contributed by atoms with E-state index in [1.165, 1.54) is 18.3 Å². The smallest absolute Gasteiger partial charge is 0.422 e. The quantitative estimate of drug-likeness (QED) is 0.849. The zero-order chi connectivity index (χ0) is 13.9. The highest BCUT2D eigenvalue weighted by Gasteiger charge is 2.30. The first-order chi connectivity index (χ1) is 8.97. The van der Waals surface area contributed by atoms with Crippen molar-refractivity contribution in [1.82, 2.24) is 9.88 Å². The number of likely N-dealkylation sites (tertiary alicyclic amines) is 1. The molecule has 1 aliphatic rings. The monoisotopic (exact) mass is 274 g/mol. The van der Waals surface area contributed by atoms with Crippen LogP contribution in [-0.2, 0) is 0 Å². The average molecular weight is 274 g/mol. The normalized spacial score (nSPS) is 15.6. The van der Waals surface area contributed by atoms with Gasteiger partial charge in [-0.1, -0.05) is 0 Å².